The number of nitrogens with zero attached hydrogens (tertiary/aromatic N) is 1. The summed E-state index contributed by atoms with van der Waals surface area (Å²) in [5, 5.41) is 9.42. The topological polar surface area (TPSA) is 23.8 Å². The first kappa shape index (κ1) is 17.7. The van der Waals surface area contributed by atoms with E-state index in [1.165, 1.54) is 0 Å². The van der Waals surface area contributed by atoms with Crippen molar-refractivity contribution in [2.24, 2.45) is 5.92 Å². The van der Waals surface area contributed by atoms with Gasteiger partial charge in [0.2, 0.25) is 0 Å². The van der Waals surface area contributed by atoms with E-state index < -0.39 is 0 Å². The molecule has 116 valence electrons. The molecule has 0 saturated carbocycles. The lowest BCUT2D eigenvalue weighted by Crippen LogP contribution is -2.20. The first-order valence-electron chi connectivity index (χ1n) is 8.18. The second kappa shape index (κ2) is 7.59. The van der Waals surface area contributed by atoms with Gasteiger partial charge in [0.05, 0.1) is 11.6 Å². The van der Waals surface area contributed by atoms with Gasteiger partial charge in [0, 0.05) is 5.56 Å². The zero-order valence-electron chi connectivity index (χ0n) is 14.1. The Labute approximate surface area is 129 Å². The Morgan fingerprint density at radius 2 is 1.71 bits per heavy atom. The molecule has 0 unspecified atom stereocenters. The van der Waals surface area contributed by atoms with Crippen LogP contribution in [0.5, 0.6) is 0 Å². The zero-order chi connectivity index (χ0) is 16.0. The molecule has 0 aliphatic heterocycles. The van der Waals surface area contributed by atoms with E-state index in [2.05, 4.69) is 40.7 Å². The molecule has 0 aromatic heterocycles. The maximum Gasteiger partial charge on any atom is 0.128 e. The highest BCUT2D eigenvalue weighted by Gasteiger charge is 2.25. The first-order chi connectivity index (χ1) is 9.95. The molecule has 1 nitrogen and oxygen atoms in total. The van der Waals surface area contributed by atoms with Crippen LogP contribution in [0.4, 0.5) is 4.39 Å². The number of rotatable bonds is 7. The lowest BCUT2D eigenvalue weighted by Gasteiger charge is -2.28. The molecular formula is C19H28FN. The van der Waals surface area contributed by atoms with E-state index >= 15 is 0 Å². The third-order valence-corrected chi connectivity index (χ3v) is 5.22. The van der Waals surface area contributed by atoms with Gasteiger partial charge in [-0.25, -0.2) is 4.39 Å². The standard InChI is InChI=1S/C19H28FN/c1-6-14(7-2)10-17-15(13-21)11-16(12-18(17)20)19(5,8-3)9-4/h11-12,14H,6-10H2,1-5H3. The van der Waals surface area contributed by atoms with Gasteiger partial charge >= 0.3 is 0 Å². The van der Waals surface area contributed by atoms with Crippen LogP contribution in [0.25, 0.3) is 0 Å². The summed E-state index contributed by atoms with van der Waals surface area (Å²) < 4.78 is 14.6. The van der Waals surface area contributed by atoms with Crippen molar-refractivity contribution in [3.05, 3.63) is 34.6 Å². The molecule has 0 spiro atoms. The van der Waals surface area contributed by atoms with Crippen molar-refractivity contribution in [2.45, 2.75) is 72.1 Å². The monoisotopic (exact) mass is 289 g/mol. The van der Waals surface area contributed by atoms with E-state index in [1.807, 2.05) is 6.07 Å². The molecule has 0 saturated heterocycles. The Bertz CT molecular complexity index is 505. The Morgan fingerprint density at radius 3 is 2.14 bits per heavy atom. The van der Waals surface area contributed by atoms with Crippen molar-refractivity contribution in [1.82, 2.24) is 0 Å². The fourth-order valence-electron chi connectivity index (χ4n) is 2.82. The molecule has 0 fully saturated rings. The van der Waals surface area contributed by atoms with Crippen molar-refractivity contribution in [1.29, 1.82) is 5.26 Å². The highest BCUT2D eigenvalue weighted by molar-refractivity contribution is 5.44. The van der Waals surface area contributed by atoms with Crippen molar-refractivity contribution in [2.75, 3.05) is 0 Å². The number of halogens is 1. The lowest BCUT2D eigenvalue weighted by molar-refractivity contribution is 0.433. The molecule has 0 amide bonds. The second-order valence-corrected chi connectivity index (χ2v) is 6.25. The van der Waals surface area contributed by atoms with Crippen molar-refractivity contribution < 1.29 is 4.39 Å². The average molecular weight is 289 g/mol. The van der Waals surface area contributed by atoms with E-state index in [-0.39, 0.29) is 11.2 Å². The van der Waals surface area contributed by atoms with Gasteiger partial charge in [0.15, 0.2) is 0 Å². The van der Waals surface area contributed by atoms with Crippen molar-refractivity contribution in [3.63, 3.8) is 0 Å². The molecule has 0 N–H and O–H groups in total. The van der Waals surface area contributed by atoms with E-state index in [0.717, 1.165) is 31.2 Å². The van der Waals surface area contributed by atoms with Gasteiger partial charge in [-0.3, -0.25) is 0 Å². The van der Waals surface area contributed by atoms with Crippen LogP contribution < -0.4 is 0 Å². The Hall–Kier alpha value is -1.36. The van der Waals surface area contributed by atoms with Crippen LogP contribution in [-0.2, 0) is 11.8 Å². The van der Waals surface area contributed by atoms with E-state index in [0.29, 0.717) is 23.5 Å². The van der Waals surface area contributed by atoms with Gasteiger partial charge < -0.3 is 0 Å². The molecule has 0 radical (unpaired) electrons. The fraction of sp³-hybridized carbons (Fsp3) is 0.632. The first-order valence-corrected chi connectivity index (χ1v) is 8.18. The molecular weight excluding hydrogens is 261 g/mol. The maximum absolute atomic E-state index is 14.6. The lowest BCUT2D eigenvalue weighted by atomic mass is 9.76. The molecule has 21 heavy (non-hydrogen) atoms. The number of nitriles is 1. The summed E-state index contributed by atoms with van der Waals surface area (Å²) in [6.45, 7) is 10.6. The summed E-state index contributed by atoms with van der Waals surface area (Å²) in [6, 6.07) is 5.78. The van der Waals surface area contributed by atoms with Crippen molar-refractivity contribution in [3.8, 4) is 6.07 Å². The van der Waals surface area contributed by atoms with Crippen LogP contribution >= 0.6 is 0 Å². The minimum atomic E-state index is -0.205. The maximum atomic E-state index is 14.6. The molecule has 0 aliphatic carbocycles. The third-order valence-electron chi connectivity index (χ3n) is 5.22. The van der Waals surface area contributed by atoms with Gasteiger partial charge in [-0.2, -0.15) is 5.26 Å². The minimum absolute atomic E-state index is 0.0557. The van der Waals surface area contributed by atoms with Crippen LogP contribution in [0.3, 0.4) is 0 Å². The molecule has 0 heterocycles. The predicted molar refractivity (Wildman–Crippen MR) is 86.8 cm³/mol. The molecule has 0 bridgehead atoms. The largest absolute Gasteiger partial charge is 0.207 e. The summed E-state index contributed by atoms with van der Waals surface area (Å²) in [4.78, 5) is 0. The molecule has 2 heteroatoms. The smallest absolute Gasteiger partial charge is 0.128 e. The Balaban J connectivity index is 3.29. The van der Waals surface area contributed by atoms with Gasteiger partial charge in [0.25, 0.3) is 0 Å². The van der Waals surface area contributed by atoms with Crippen LogP contribution in [0, 0.1) is 23.1 Å². The summed E-state index contributed by atoms with van der Waals surface area (Å²) in [6.07, 6.45) is 4.59. The molecule has 0 aliphatic rings. The van der Waals surface area contributed by atoms with E-state index in [9.17, 15) is 9.65 Å². The normalized spacial score (nSPS) is 11.7. The minimum Gasteiger partial charge on any atom is -0.207 e. The van der Waals surface area contributed by atoms with Crippen LogP contribution in [-0.4, -0.2) is 0 Å². The number of hydrogen-bond acceptors (Lipinski definition) is 1. The van der Waals surface area contributed by atoms with Crippen LogP contribution in [0.15, 0.2) is 12.1 Å². The van der Waals surface area contributed by atoms with Gasteiger partial charge in [-0.15, -0.1) is 0 Å². The zero-order valence-corrected chi connectivity index (χ0v) is 14.1. The SMILES string of the molecule is CCC(CC)Cc1c(F)cc(C(C)(CC)CC)cc1C#N. The summed E-state index contributed by atoms with van der Waals surface area (Å²) in [7, 11) is 0. The fourth-order valence-corrected chi connectivity index (χ4v) is 2.82. The van der Waals surface area contributed by atoms with Crippen LogP contribution in [0.1, 0.15) is 77.0 Å². The number of benzene rings is 1. The molecule has 1 rings (SSSR count). The summed E-state index contributed by atoms with van der Waals surface area (Å²) >= 11 is 0. The highest BCUT2D eigenvalue weighted by Crippen LogP contribution is 2.34. The third kappa shape index (κ3) is 3.84. The van der Waals surface area contributed by atoms with Gasteiger partial charge in [-0.05, 0) is 48.3 Å². The Kier molecular flexibility index (Phi) is 6.40. The van der Waals surface area contributed by atoms with E-state index in [1.54, 1.807) is 6.07 Å². The Morgan fingerprint density at radius 1 is 1.14 bits per heavy atom. The summed E-state index contributed by atoms with van der Waals surface area (Å²) in [5.41, 5.74) is 2.02. The molecule has 1 aromatic rings. The van der Waals surface area contributed by atoms with E-state index in [4.69, 9.17) is 0 Å². The van der Waals surface area contributed by atoms with Crippen LogP contribution in [0.2, 0.25) is 0 Å². The summed E-state index contributed by atoms with van der Waals surface area (Å²) in [5.74, 6) is 0.241. The van der Waals surface area contributed by atoms with Gasteiger partial charge in [0.1, 0.15) is 5.82 Å². The highest BCUT2D eigenvalue weighted by atomic mass is 19.1. The average Bonchev–Trinajstić information content (AvgIpc) is 2.52. The number of hydrogen-bond donors (Lipinski definition) is 0. The van der Waals surface area contributed by atoms with Gasteiger partial charge in [-0.1, -0.05) is 47.5 Å². The molecule has 0 atom stereocenters. The second-order valence-electron chi connectivity index (χ2n) is 6.25. The quantitative estimate of drug-likeness (QED) is 0.626. The van der Waals surface area contributed by atoms with Crippen molar-refractivity contribution >= 4 is 0 Å². The molecule has 1 aromatic carbocycles. The predicted octanol–water partition coefficient (Wildman–Crippen LogP) is 5.75.